The Labute approximate surface area is 109 Å². The Morgan fingerprint density at radius 1 is 1.05 bits per heavy atom. The molecule has 1 heterocycles. The van der Waals surface area contributed by atoms with Crippen LogP contribution < -0.4 is 0 Å². The van der Waals surface area contributed by atoms with Gasteiger partial charge in [-0.1, -0.05) is 18.2 Å². The van der Waals surface area contributed by atoms with Gasteiger partial charge in [0, 0.05) is 5.69 Å². The Morgan fingerprint density at radius 2 is 1.79 bits per heavy atom. The fourth-order valence-electron chi connectivity index (χ4n) is 1.94. The van der Waals surface area contributed by atoms with E-state index in [1.807, 2.05) is 30.3 Å². The summed E-state index contributed by atoms with van der Waals surface area (Å²) in [5.74, 6) is 0. The van der Waals surface area contributed by atoms with Crippen molar-refractivity contribution in [1.29, 1.82) is 0 Å². The number of aromatic nitrogens is 2. The average molecular weight is 274 g/mol. The van der Waals surface area contributed by atoms with E-state index in [1.54, 1.807) is 17.0 Å². The van der Waals surface area contributed by atoms with Gasteiger partial charge in [-0.3, -0.25) is 9.12 Å². The molecule has 0 radical (unpaired) electrons. The van der Waals surface area contributed by atoms with Crippen LogP contribution in [0.2, 0.25) is 0 Å². The number of hydrogen-bond donors (Lipinski definition) is 1. The lowest BCUT2D eigenvalue weighted by Crippen LogP contribution is -1.98. The number of benzene rings is 2. The van der Waals surface area contributed by atoms with E-state index < -0.39 is 10.1 Å². The van der Waals surface area contributed by atoms with Gasteiger partial charge in [0.25, 0.3) is 10.1 Å². The zero-order valence-electron chi connectivity index (χ0n) is 9.76. The highest BCUT2D eigenvalue weighted by molar-refractivity contribution is 7.85. The second-order valence-corrected chi connectivity index (χ2v) is 5.50. The van der Waals surface area contributed by atoms with Gasteiger partial charge in [-0.05, 0) is 30.3 Å². The SMILES string of the molecule is O=S(=O)(O)c1ccc2ncn(-c3ccccc3)c2c1. The van der Waals surface area contributed by atoms with Crippen molar-refractivity contribution < 1.29 is 13.0 Å². The summed E-state index contributed by atoms with van der Waals surface area (Å²) < 4.78 is 33.2. The summed E-state index contributed by atoms with van der Waals surface area (Å²) in [6, 6.07) is 13.7. The molecular weight excluding hydrogens is 264 g/mol. The largest absolute Gasteiger partial charge is 0.299 e. The van der Waals surface area contributed by atoms with E-state index in [9.17, 15) is 8.42 Å². The normalized spacial score (nSPS) is 11.8. The molecule has 19 heavy (non-hydrogen) atoms. The Kier molecular flexibility index (Phi) is 2.62. The third-order valence-corrected chi connectivity index (χ3v) is 3.70. The second kappa shape index (κ2) is 4.18. The summed E-state index contributed by atoms with van der Waals surface area (Å²) in [6.07, 6.45) is 1.62. The number of imidazole rings is 1. The lowest BCUT2D eigenvalue weighted by atomic mass is 10.3. The first-order valence-corrected chi connectivity index (χ1v) is 7.00. The lowest BCUT2D eigenvalue weighted by Gasteiger charge is -2.04. The van der Waals surface area contributed by atoms with Crippen LogP contribution in [0.25, 0.3) is 16.7 Å². The number of nitrogens with zero attached hydrogens (tertiary/aromatic N) is 2. The van der Waals surface area contributed by atoms with Crippen LogP contribution in [0.5, 0.6) is 0 Å². The van der Waals surface area contributed by atoms with Crippen molar-refractivity contribution >= 4 is 21.2 Å². The minimum absolute atomic E-state index is 0.141. The van der Waals surface area contributed by atoms with Crippen LogP contribution in [0.3, 0.4) is 0 Å². The van der Waals surface area contributed by atoms with Gasteiger partial charge in [0.1, 0.15) is 6.33 Å². The minimum atomic E-state index is -4.21. The third-order valence-electron chi connectivity index (χ3n) is 2.85. The van der Waals surface area contributed by atoms with Crippen LogP contribution in [0.15, 0.2) is 59.8 Å². The predicted octanol–water partition coefficient (Wildman–Crippen LogP) is 2.27. The Bertz CT molecular complexity index is 839. The molecule has 0 atom stereocenters. The van der Waals surface area contributed by atoms with Crippen molar-refractivity contribution in [2.24, 2.45) is 0 Å². The number of rotatable bonds is 2. The van der Waals surface area contributed by atoms with Crippen molar-refractivity contribution in [2.45, 2.75) is 4.90 Å². The number of hydrogen-bond acceptors (Lipinski definition) is 3. The molecule has 0 bridgehead atoms. The average Bonchev–Trinajstić information content (AvgIpc) is 2.81. The van der Waals surface area contributed by atoms with Crippen LogP contribution in [0, 0.1) is 0 Å². The molecule has 1 aromatic heterocycles. The molecule has 0 aliphatic rings. The Morgan fingerprint density at radius 3 is 2.47 bits per heavy atom. The van der Waals surface area contributed by atoms with Gasteiger partial charge in [0.05, 0.1) is 15.9 Å². The smallest absolute Gasteiger partial charge is 0.294 e. The third kappa shape index (κ3) is 2.11. The van der Waals surface area contributed by atoms with E-state index >= 15 is 0 Å². The molecule has 3 rings (SSSR count). The first-order valence-electron chi connectivity index (χ1n) is 5.56. The molecular formula is C13H10N2O3S. The van der Waals surface area contributed by atoms with Crippen molar-refractivity contribution in [1.82, 2.24) is 9.55 Å². The van der Waals surface area contributed by atoms with Crippen LogP contribution in [0.1, 0.15) is 0 Å². The molecule has 96 valence electrons. The van der Waals surface area contributed by atoms with Gasteiger partial charge in [0.2, 0.25) is 0 Å². The van der Waals surface area contributed by atoms with Gasteiger partial charge >= 0.3 is 0 Å². The molecule has 0 aliphatic carbocycles. The summed E-state index contributed by atoms with van der Waals surface area (Å²) in [4.78, 5) is 4.06. The molecule has 0 saturated carbocycles. The quantitative estimate of drug-likeness (QED) is 0.728. The zero-order chi connectivity index (χ0) is 13.5. The molecule has 1 N–H and O–H groups in total. The predicted molar refractivity (Wildman–Crippen MR) is 70.9 cm³/mol. The maximum Gasteiger partial charge on any atom is 0.294 e. The molecule has 0 aliphatic heterocycles. The molecule has 0 saturated heterocycles. The Hall–Kier alpha value is -2.18. The van der Waals surface area contributed by atoms with Crippen molar-refractivity contribution in [3.8, 4) is 5.69 Å². The van der Waals surface area contributed by atoms with E-state index in [2.05, 4.69) is 4.98 Å². The first-order chi connectivity index (χ1) is 9.05. The minimum Gasteiger partial charge on any atom is -0.299 e. The summed E-state index contributed by atoms with van der Waals surface area (Å²) >= 11 is 0. The van der Waals surface area contributed by atoms with E-state index in [0.717, 1.165) is 5.69 Å². The first kappa shape index (κ1) is 11.9. The van der Waals surface area contributed by atoms with Gasteiger partial charge in [0.15, 0.2) is 0 Å². The molecule has 0 spiro atoms. The molecule has 0 unspecified atom stereocenters. The van der Waals surface area contributed by atoms with Gasteiger partial charge in [-0.25, -0.2) is 4.98 Å². The highest BCUT2D eigenvalue weighted by Crippen LogP contribution is 2.21. The van der Waals surface area contributed by atoms with Crippen molar-refractivity contribution in [3.63, 3.8) is 0 Å². The molecule has 0 fully saturated rings. The van der Waals surface area contributed by atoms with Crippen LogP contribution in [0.4, 0.5) is 0 Å². The standard InChI is InChI=1S/C13H10N2O3S/c16-19(17,18)11-6-7-12-13(8-11)15(9-14-12)10-4-2-1-3-5-10/h1-9H,(H,16,17,18). The summed E-state index contributed by atoms with van der Waals surface area (Å²) in [5, 5.41) is 0. The van der Waals surface area contributed by atoms with Gasteiger partial charge < -0.3 is 0 Å². The molecule has 6 heteroatoms. The monoisotopic (exact) mass is 274 g/mol. The van der Waals surface area contributed by atoms with Gasteiger partial charge in [-0.15, -0.1) is 0 Å². The maximum atomic E-state index is 11.2. The van der Waals surface area contributed by atoms with E-state index in [4.69, 9.17) is 4.55 Å². The van der Waals surface area contributed by atoms with Gasteiger partial charge in [-0.2, -0.15) is 8.42 Å². The summed E-state index contributed by atoms with van der Waals surface area (Å²) in [6.45, 7) is 0. The lowest BCUT2D eigenvalue weighted by molar-refractivity contribution is 0.483. The molecule has 2 aromatic carbocycles. The fourth-order valence-corrected chi connectivity index (χ4v) is 2.44. The highest BCUT2D eigenvalue weighted by atomic mass is 32.2. The summed E-state index contributed by atoms with van der Waals surface area (Å²) in [5.41, 5.74) is 2.16. The second-order valence-electron chi connectivity index (χ2n) is 4.08. The van der Waals surface area contributed by atoms with E-state index in [1.165, 1.54) is 12.1 Å². The molecule has 0 amide bonds. The van der Waals surface area contributed by atoms with Crippen LogP contribution in [-0.4, -0.2) is 22.5 Å². The Balaban J connectivity index is 2.28. The van der Waals surface area contributed by atoms with E-state index in [0.29, 0.717) is 11.0 Å². The zero-order valence-corrected chi connectivity index (χ0v) is 10.6. The number of para-hydroxylation sites is 1. The maximum absolute atomic E-state index is 11.2. The van der Waals surface area contributed by atoms with Crippen LogP contribution in [-0.2, 0) is 10.1 Å². The van der Waals surface area contributed by atoms with Crippen molar-refractivity contribution in [3.05, 3.63) is 54.9 Å². The molecule has 5 nitrogen and oxygen atoms in total. The van der Waals surface area contributed by atoms with Crippen LogP contribution >= 0.6 is 0 Å². The number of fused-ring (bicyclic) bond motifs is 1. The highest BCUT2D eigenvalue weighted by Gasteiger charge is 2.12. The molecule has 3 aromatic rings. The fraction of sp³-hybridized carbons (Fsp3) is 0. The van der Waals surface area contributed by atoms with Crippen molar-refractivity contribution in [2.75, 3.05) is 0 Å². The van der Waals surface area contributed by atoms with E-state index in [-0.39, 0.29) is 4.90 Å². The summed E-state index contributed by atoms with van der Waals surface area (Å²) in [7, 11) is -4.21. The topological polar surface area (TPSA) is 72.2 Å².